The lowest BCUT2D eigenvalue weighted by molar-refractivity contribution is -0.147. The summed E-state index contributed by atoms with van der Waals surface area (Å²) in [7, 11) is 0. The van der Waals surface area contributed by atoms with Gasteiger partial charge in [-0.1, -0.05) is 30.3 Å². The Morgan fingerprint density at radius 2 is 2.00 bits per heavy atom. The summed E-state index contributed by atoms with van der Waals surface area (Å²) in [5.74, 6) is -2.10. The minimum absolute atomic E-state index is 0.0815. The van der Waals surface area contributed by atoms with Crippen molar-refractivity contribution in [1.82, 2.24) is 5.32 Å². The molecule has 1 aliphatic heterocycles. The normalized spacial score (nSPS) is 15.4. The third-order valence-electron chi connectivity index (χ3n) is 3.65. The molecule has 2 rings (SSSR count). The van der Waals surface area contributed by atoms with Crippen molar-refractivity contribution in [3.05, 3.63) is 47.2 Å². The number of hydrogen-bond donors (Lipinski definition) is 2. The molecule has 0 radical (unpaired) electrons. The van der Waals surface area contributed by atoms with Gasteiger partial charge in [-0.3, -0.25) is 9.59 Å². The number of amides is 2. The van der Waals surface area contributed by atoms with E-state index in [1.54, 1.807) is 6.92 Å². The topological polar surface area (TPSA) is 105 Å². The highest BCUT2D eigenvalue weighted by Crippen LogP contribution is 2.16. The molecule has 2 N–H and O–H groups in total. The first-order chi connectivity index (χ1) is 11.9. The molecule has 0 bridgehead atoms. The van der Waals surface area contributed by atoms with Crippen molar-refractivity contribution in [2.24, 2.45) is 4.99 Å². The summed E-state index contributed by atoms with van der Waals surface area (Å²) in [5, 5.41) is 12.5. The van der Waals surface area contributed by atoms with Crippen molar-refractivity contribution in [3.8, 4) is 0 Å². The number of benzene rings is 1. The molecule has 1 aliphatic rings. The largest absolute Gasteiger partial charge is 0.511 e. The number of aliphatic imine (C=N–C) groups is 1. The van der Waals surface area contributed by atoms with Gasteiger partial charge in [0.05, 0.1) is 24.3 Å². The lowest BCUT2D eigenvalue weighted by atomic mass is 10.0. The summed E-state index contributed by atoms with van der Waals surface area (Å²) in [6.45, 7) is 3.32. The average molecular weight is 344 g/mol. The number of aliphatic hydroxyl groups excluding tert-OH is 1. The van der Waals surface area contributed by atoms with E-state index >= 15 is 0 Å². The van der Waals surface area contributed by atoms with Gasteiger partial charge in [-0.05, 0) is 19.4 Å². The fraction of sp³-hybridized carbons (Fsp3) is 0.333. The van der Waals surface area contributed by atoms with Gasteiger partial charge in [0, 0.05) is 6.42 Å². The number of dihydropyridines is 1. The van der Waals surface area contributed by atoms with Crippen LogP contribution in [0.3, 0.4) is 0 Å². The van der Waals surface area contributed by atoms with Crippen LogP contribution in [0, 0.1) is 0 Å². The standard InChI is InChI=1S/C18H20N2O5/c1-3-25-18(24)13(9-12-7-5-4-6-8-12)20-17(23)16-11(2)19-15(22)10-14(16)21/h4-8,13,21H,3,9-10H2,1-2H3,(H,20,23)/t13-/m0/s1. The van der Waals surface area contributed by atoms with Crippen LogP contribution >= 0.6 is 0 Å². The number of carbonyl (C=O) groups excluding carboxylic acids is 3. The van der Waals surface area contributed by atoms with Crippen molar-refractivity contribution >= 4 is 23.5 Å². The maximum Gasteiger partial charge on any atom is 0.328 e. The number of nitrogens with zero attached hydrogens (tertiary/aromatic N) is 1. The number of esters is 1. The molecule has 7 nitrogen and oxygen atoms in total. The Kier molecular flexibility index (Phi) is 6.05. The molecule has 0 saturated heterocycles. The molecule has 2 amide bonds. The minimum Gasteiger partial charge on any atom is -0.511 e. The molecule has 1 aromatic rings. The number of nitrogens with one attached hydrogen (secondary N) is 1. The lowest BCUT2D eigenvalue weighted by Gasteiger charge is -2.20. The molecule has 0 spiro atoms. The SMILES string of the molecule is CCOC(=O)[C@H](Cc1ccccc1)NC(=O)C1=C(O)CC(=O)N=C1C. The Morgan fingerprint density at radius 3 is 2.60 bits per heavy atom. The van der Waals surface area contributed by atoms with Crippen LogP contribution in [0.2, 0.25) is 0 Å². The highest BCUT2D eigenvalue weighted by atomic mass is 16.5. The number of hydrogen-bond acceptors (Lipinski definition) is 5. The zero-order chi connectivity index (χ0) is 18.4. The molecule has 1 heterocycles. The van der Waals surface area contributed by atoms with Gasteiger partial charge in [-0.15, -0.1) is 0 Å². The molecular weight excluding hydrogens is 324 g/mol. The lowest BCUT2D eigenvalue weighted by Crippen LogP contribution is -2.45. The van der Waals surface area contributed by atoms with Crippen molar-refractivity contribution in [2.75, 3.05) is 6.61 Å². The highest BCUT2D eigenvalue weighted by Gasteiger charge is 2.29. The van der Waals surface area contributed by atoms with E-state index in [-0.39, 0.29) is 36.5 Å². The summed E-state index contributed by atoms with van der Waals surface area (Å²) < 4.78 is 5.02. The molecule has 25 heavy (non-hydrogen) atoms. The Morgan fingerprint density at radius 1 is 1.32 bits per heavy atom. The van der Waals surface area contributed by atoms with Crippen LogP contribution in [-0.4, -0.2) is 41.3 Å². The maximum absolute atomic E-state index is 12.5. The Hall–Kier alpha value is -2.96. The van der Waals surface area contributed by atoms with Crippen LogP contribution in [0.1, 0.15) is 25.8 Å². The first kappa shape index (κ1) is 18.4. The van der Waals surface area contributed by atoms with Crippen molar-refractivity contribution < 1.29 is 24.2 Å². The van der Waals surface area contributed by atoms with Crippen LogP contribution in [0.5, 0.6) is 0 Å². The van der Waals surface area contributed by atoms with Gasteiger partial charge in [0.1, 0.15) is 11.8 Å². The molecule has 0 aromatic heterocycles. The number of carbonyl (C=O) groups is 3. The maximum atomic E-state index is 12.5. The van der Waals surface area contributed by atoms with Crippen molar-refractivity contribution in [1.29, 1.82) is 0 Å². The van der Waals surface area contributed by atoms with Crippen LogP contribution in [0.15, 0.2) is 46.7 Å². The van der Waals surface area contributed by atoms with Crippen molar-refractivity contribution in [3.63, 3.8) is 0 Å². The fourth-order valence-electron chi connectivity index (χ4n) is 2.53. The Balaban J connectivity index is 2.19. The Labute approximate surface area is 145 Å². The number of aliphatic hydroxyl groups is 1. The summed E-state index contributed by atoms with van der Waals surface area (Å²) in [4.78, 5) is 39.7. The molecule has 0 fully saturated rings. The monoisotopic (exact) mass is 344 g/mol. The van der Waals surface area contributed by atoms with E-state index < -0.39 is 23.8 Å². The Bertz CT molecular complexity index is 737. The van der Waals surface area contributed by atoms with E-state index in [2.05, 4.69) is 10.3 Å². The minimum atomic E-state index is -0.916. The van der Waals surface area contributed by atoms with E-state index in [0.29, 0.717) is 0 Å². The molecule has 132 valence electrons. The second-order valence-corrected chi connectivity index (χ2v) is 5.56. The quantitative estimate of drug-likeness (QED) is 0.761. The van der Waals surface area contributed by atoms with Gasteiger partial charge < -0.3 is 15.2 Å². The number of rotatable bonds is 6. The van der Waals surface area contributed by atoms with E-state index in [1.165, 1.54) is 6.92 Å². The summed E-state index contributed by atoms with van der Waals surface area (Å²) >= 11 is 0. The number of ether oxygens (including phenoxy) is 1. The van der Waals surface area contributed by atoms with E-state index in [4.69, 9.17) is 4.74 Å². The summed E-state index contributed by atoms with van der Waals surface area (Å²) in [6.07, 6.45) is -0.0859. The van der Waals surface area contributed by atoms with E-state index in [1.807, 2.05) is 30.3 Å². The molecule has 0 aliphatic carbocycles. The molecule has 0 unspecified atom stereocenters. The van der Waals surface area contributed by atoms with Gasteiger partial charge in [0.25, 0.3) is 11.8 Å². The van der Waals surface area contributed by atoms with Gasteiger partial charge in [0.15, 0.2) is 0 Å². The molecular formula is C18H20N2O5. The van der Waals surface area contributed by atoms with Crippen LogP contribution in [-0.2, 0) is 25.5 Å². The third-order valence-corrected chi connectivity index (χ3v) is 3.65. The summed E-state index contributed by atoms with van der Waals surface area (Å²) in [6, 6.07) is 8.26. The smallest absolute Gasteiger partial charge is 0.328 e. The predicted octanol–water partition coefficient (Wildman–Crippen LogP) is 1.48. The zero-order valence-corrected chi connectivity index (χ0v) is 14.1. The molecule has 1 atom stereocenters. The van der Waals surface area contributed by atoms with Gasteiger partial charge >= 0.3 is 5.97 Å². The fourth-order valence-corrected chi connectivity index (χ4v) is 2.53. The van der Waals surface area contributed by atoms with E-state index in [0.717, 1.165) is 5.56 Å². The second-order valence-electron chi connectivity index (χ2n) is 5.56. The van der Waals surface area contributed by atoms with Crippen LogP contribution in [0.4, 0.5) is 0 Å². The first-order valence-electron chi connectivity index (χ1n) is 7.94. The van der Waals surface area contributed by atoms with Gasteiger partial charge in [-0.25, -0.2) is 9.79 Å². The second kappa shape index (κ2) is 8.23. The third kappa shape index (κ3) is 4.76. The summed E-state index contributed by atoms with van der Waals surface area (Å²) in [5.41, 5.74) is 0.888. The first-order valence-corrected chi connectivity index (χ1v) is 7.94. The predicted molar refractivity (Wildman–Crippen MR) is 91.1 cm³/mol. The highest BCUT2D eigenvalue weighted by molar-refractivity contribution is 6.25. The van der Waals surface area contributed by atoms with Crippen LogP contribution < -0.4 is 5.32 Å². The average Bonchev–Trinajstić information content (AvgIpc) is 2.54. The van der Waals surface area contributed by atoms with Crippen LogP contribution in [0.25, 0.3) is 0 Å². The molecule has 1 aromatic carbocycles. The molecule has 0 saturated carbocycles. The van der Waals surface area contributed by atoms with Gasteiger partial charge in [0.2, 0.25) is 0 Å². The van der Waals surface area contributed by atoms with E-state index in [9.17, 15) is 19.5 Å². The zero-order valence-electron chi connectivity index (χ0n) is 14.1. The van der Waals surface area contributed by atoms with Gasteiger partial charge in [-0.2, -0.15) is 0 Å². The van der Waals surface area contributed by atoms with Crippen molar-refractivity contribution in [2.45, 2.75) is 32.7 Å². The molecule has 7 heteroatoms.